The number of aromatic nitrogens is 2. The molecular formula is C17H23N3O3. The van der Waals surface area contributed by atoms with Crippen molar-refractivity contribution in [2.75, 3.05) is 19.5 Å². The molecule has 2 aromatic rings. The lowest BCUT2D eigenvalue weighted by molar-refractivity contribution is -0.116. The molecule has 0 unspecified atom stereocenters. The maximum absolute atomic E-state index is 11.5. The molecule has 1 aromatic heterocycles. The van der Waals surface area contributed by atoms with Crippen LogP contribution in [0.1, 0.15) is 31.0 Å². The smallest absolute Gasteiger partial charge is 0.225 e. The number of anilines is 1. The lowest BCUT2D eigenvalue weighted by atomic mass is 10.1. The normalized spacial score (nSPS) is 10.4. The summed E-state index contributed by atoms with van der Waals surface area (Å²) in [5.74, 6) is 2.11. The zero-order chi connectivity index (χ0) is 16.7. The average Bonchev–Trinajstić information content (AvgIpc) is 3.00. The summed E-state index contributed by atoms with van der Waals surface area (Å²) in [6.07, 6.45) is 2.93. The lowest BCUT2D eigenvalue weighted by Crippen LogP contribution is -2.10. The molecular weight excluding hydrogens is 294 g/mol. The van der Waals surface area contributed by atoms with E-state index in [0.29, 0.717) is 12.2 Å². The summed E-state index contributed by atoms with van der Waals surface area (Å²) < 4.78 is 10.5. The largest absolute Gasteiger partial charge is 0.497 e. The molecule has 0 aliphatic rings. The van der Waals surface area contributed by atoms with Crippen LogP contribution in [0.2, 0.25) is 0 Å². The Labute approximate surface area is 136 Å². The number of benzene rings is 1. The Morgan fingerprint density at radius 3 is 2.43 bits per heavy atom. The predicted molar refractivity (Wildman–Crippen MR) is 89.1 cm³/mol. The Balaban J connectivity index is 1.96. The summed E-state index contributed by atoms with van der Waals surface area (Å²) in [5.41, 5.74) is 2.09. The maximum atomic E-state index is 11.5. The van der Waals surface area contributed by atoms with Gasteiger partial charge in [0.05, 0.1) is 14.2 Å². The van der Waals surface area contributed by atoms with Crippen LogP contribution in [0.5, 0.6) is 11.5 Å². The van der Waals surface area contributed by atoms with Crippen molar-refractivity contribution < 1.29 is 14.3 Å². The number of carbonyl (C=O) groups is 1. The van der Waals surface area contributed by atoms with Gasteiger partial charge < -0.3 is 14.8 Å². The fraction of sp³-hybridized carbons (Fsp3) is 0.412. The van der Waals surface area contributed by atoms with E-state index in [1.165, 1.54) is 0 Å². The van der Waals surface area contributed by atoms with Gasteiger partial charge >= 0.3 is 0 Å². The van der Waals surface area contributed by atoms with Crippen LogP contribution in [0, 0.1) is 0 Å². The summed E-state index contributed by atoms with van der Waals surface area (Å²) in [5, 5.41) is 9.84. The van der Waals surface area contributed by atoms with Gasteiger partial charge in [0.15, 0.2) is 5.82 Å². The summed E-state index contributed by atoms with van der Waals surface area (Å²) >= 11 is 0. The van der Waals surface area contributed by atoms with Crippen LogP contribution in [-0.4, -0.2) is 30.3 Å². The number of carbonyl (C=O) groups excluding carboxylic acids is 1. The molecule has 0 saturated carbocycles. The first-order chi connectivity index (χ1) is 11.1. The Morgan fingerprint density at radius 1 is 1.13 bits per heavy atom. The van der Waals surface area contributed by atoms with E-state index >= 15 is 0 Å². The van der Waals surface area contributed by atoms with Gasteiger partial charge in [0.2, 0.25) is 5.91 Å². The summed E-state index contributed by atoms with van der Waals surface area (Å²) in [6, 6.07) is 7.69. The molecule has 0 aliphatic heterocycles. The summed E-state index contributed by atoms with van der Waals surface area (Å²) in [7, 11) is 3.28. The third kappa shape index (κ3) is 5.02. The van der Waals surface area contributed by atoms with Crippen LogP contribution in [0.15, 0.2) is 24.3 Å². The molecule has 2 N–H and O–H groups in total. The Bertz CT molecular complexity index is 630. The molecule has 1 heterocycles. The van der Waals surface area contributed by atoms with Crippen molar-refractivity contribution >= 4 is 11.7 Å². The second-order valence-electron chi connectivity index (χ2n) is 5.30. The molecule has 1 amide bonds. The molecule has 2 rings (SSSR count). The molecule has 0 atom stereocenters. The molecule has 0 fully saturated rings. The molecule has 23 heavy (non-hydrogen) atoms. The standard InChI is InChI=1S/C17H23N3O3/c1-4-5-17(21)18-16-10-13(19-20-16)7-6-12-8-14(22-2)11-15(9-12)23-3/h8-11H,4-7H2,1-3H3,(H2,18,19,20,21). The van der Waals surface area contributed by atoms with Crippen LogP contribution < -0.4 is 14.8 Å². The van der Waals surface area contributed by atoms with Crippen molar-refractivity contribution in [3.63, 3.8) is 0 Å². The maximum Gasteiger partial charge on any atom is 0.225 e. The van der Waals surface area contributed by atoms with Gasteiger partial charge in [-0.3, -0.25) is 9.89 Å². The predicted octanol–water partition coefficient (Wildman–Crippen LogP) is 2.95. The highest BCUT2D eigenvalue weighted by molar-refractivity contribution is 5.89. The van der Waals surface area contributed by atoms with E-state index in [0.717, 1.165) is 42.0 Å². The number of ether oxygens (including phenoxy) is 2. The minimum Gasteiger partial charge on any atom is -0.497 e. The van der Waals surface area contributed by atoms with Crippen molar-refractivity contribution in [1.82, 2.24) is 10.2 Å². The molecule has 0 spiro atoms. The van der Waals surface area contributed by atoms with Crippen LogP contribution in [0.3, 0.4) is 0 Å². The molecule has 0 bridgehead atoms. The highest BCUT2D eigenvalue weighted by atomic mass is 16.5. The Hall–Kier alpha value is -2.50. The summed E-state index contributed by atoms with van der Waals surface area (Å²) in [4.78, 5) is 11.5. The molecule has 6 heteroatoms. The van der Waals surface area contributed by atoms with E-state index in [4.69, 9.17) is 9.47 Å². The van der Waals surface area contributed by atoms with Gasteiger partial charge in [-0.05, 0) is 37.0 Å². The molecule has 0 aliphatic carbocycles. The van der Waals surface area contributed by atoms with E-state index in [2.05, 4.69) is 15.5 Å². The third-order valence-electron chi connectivity index (χ3n) is 3.47. The number of rotatable bonds is 8. The second kappa shape index (κ2) is 8.22. The summed E-state index contributed by atoms with van der Waals surface area (Å²) in [6.45, 7) is 1.97. The van der Waals surface area contributed by atoms with Gasteiger partial charge in [0.1, 0.15) is 11.5 Å². The van der Waals surface area contributed by atoms with Crippen molar-refractivity contribution in [1.29, 1.82) is 0 Å². The number of amides is 1. The van der Waals surface area contributed by atoms with E-state index in [9.17, 15) is 4.79 Å². The number of nitrogens with one attached hydrogen (secondary N) is 2. The monoisotopic (exact) mass is 317 g/mol. The molecule has 1 aromatic carbocycles. The van der Waals surface area contributed by atoms with Gasteiger partial charge in [-0.1, -0.05) is 6.92 Å². The quantitative estimate of drug-likeness (QED) is 0.785. The molecule has 0 radical (unpaired) electrons. The van der Waals surface area contributed by atoms with Gasteiger partial charge in [0, 0.05) is 24.2 Å². The number of hydrogen-bond donors (Lipinski definition) is 2. The number of methoxy groups -OCH3 is 2. The Morgan fingerprint density at radius 2 is 1.83 bits per heavy atom. The van der Waals surface area contributed by atoms with Gasteiger partial charge in [-0.25, -0.2) is 0 Å². The minimum atomic E-state index is -0.0110. The number of nitrogens with zero attached hydrogens (tertiary/aromatic N) is 1. The second-order valence-corrected chi connectivity index (χ2v) is 5.30. The van der Waals surface area contributed by atoms with Gasteiger partial charge in [-0.15, -0.1) is 0 Å². The third-order valence-corrected chi connectivity index (χ3v) is 3.47. The average molecular weight is 317 g/mol. The topological polar surface area (TPSA) is 76.2 Å². The van der Waals surface area contributed by atoms with Crippen LogP contribution in [-0.2, 0) is 17.6 Å². The first kappa shape index (κ1) is 16.9. The highest BCUT2D eigenvalue weighted by Crippen LogP contribution is 2.23. The van der Waals surface area contributed by atoms with Gasteiger partial charge in [-0.2, -0.15) is 5.10 Å². The first-order valence-corrected chi connectivity index (χ1v) is 7.70. The van der Waals surface area contributed by atoms with Crippen LogP contribution in [0.4, 0.5) is 5.82 Å². The zero-order valence-electron chi connectivity index (χ0n) is 13.8. The number of aromatic amines is 1. The van der Waals surface area contributed by atoms with E-state index in [1.54, 1.807) is 14.2 Å². The van der Waals surface area contributed by atoms with Gasteiger partial charge in [0.25, 0.3) is 0 Å². The van der Waals surface area contributed by atoms with Crippen molar-refractivity contribution in [3.8, 4) is 11.5 Å². The zero-order valence-corrected chi connectivity index (χ0v) is 13.8. The van der Waals surface area contributed by atoms with Crippen LogP contribution in [0.25, 0.3) is 0 Å². The van der Waals surface area contributed by atoms with E-state index in [1.807, 2.05) is 31.2 Å². The van der Waals surface area contributed by atoms with E-state index in [-0.39, 0.29) is 5.91 Å². The van der Waals surface area contributed by atoms with Crippen molar-refractivity contribution in [3.05, 3.63) is 35.5 Å². The lowest BCUT2D eigenvalue weighted by Gasteiger charge is -2.07. The van der Waals surface area contributed by atoms with Crippen molar-refractivity contribution in [2.24, 2.45) is 0 Å². The van der Waals surface area contributed by atoms with Crippen LogP contribution >= 0.6 is 0 Å². The minimum absolute atomic E-state index is 0.0110. The number of H-pyrrole nitrogens is 1. The highest BCUT2D eigenvalue weighted by Gasteiger charge is 2.07. The molecule has 124 valence electrons. The first-order valence-electron chi connectivity index (χ1n) is 7.70. The fourth-order valence-electron chi connectivity index (χ4n) is 2.28. The number of aryl methyl sites for hydroxylation is 2. The fourth-order valence-corrected chi connectivity index (χ4v) is 2.28. The molecule has 6 nitrogen and oxygen atoms in total. The number of hydrogen-bond acceptors (Lipinski definition) is 4. The van der Waals surface area contributed by atoms with Crippen molar-refractivity contribution in [2.45, 2.75) is 32.6 Å². The van der Waals surface area contributed by atoms with E-state index < -0.39 is 0 Å². The Kier molecular flexibility index (Phi) is 6.02. The SMILES string of the molecule is CCCC(=O)Nc1cc(CCc2cc(OC)cc(OC)c2)[nH]n1. The molecule has 0 saturated heterocycles.